The van der Waals surface area contributed by atoms with Gasteiger partial charge in [0.05, 0.1) is 0 Å². The zero-order valence-corrected chi connectivity index (χ0v) is 12.4. The molecule has 0 atom stereocenters. The molecule has 0 fully saturated rings. The molecular formula is C17H18N2O3. The van der Waals surface area contributed by atoms with Crippen LogP contribution in [0.1, 0.15) is 12.8 Å². The molecule has 0 radical (unpaired) electrons. The Hall–Kier alpha value is -2.69. The Morgan fingerprint density at radius 3 is 2.55 bits per heavy atom. The molecule has 3 rings (SSSR count). The Morgan fingerprint density at radius 1 is 1.05 bits per heavy atom. The van der Waals surface area contributed by atoms with Gasteiger partial charge in [-0.15, -0.1) is 0 Å². The highest BCUT2D eigenvalue weighted by Gasteiger charge is 2.05. The van der Waals surface area contributed by atoms with E-state index in [1.165, 1.54) is 0 Å². The maximum atomic E-state index is 5.69. The van der Waals surface area contributed by atoms with Crippen molar-refractivity contribution in [2.75, 3.05) is 18.9 Å². The molecule has 1 heterocycles. The van der Waals surface area contributed by atoms with E-state index in [4.69, 9.17) is 19.6 Å². The van der Waals surface area contributed by atoms with Crippen molar-refractivity contribution < 1.29 is 13.9 Å². The van der Waals surface area contributed by atoms with Gasteiger partial charge in [0.1, 0.15) is 30.2 Å². The monoisotopic (exact) mass is 298 g/mol. The molecule has 5 heteroatoms. The van der Waals surface area contributed by atoms with Crippen molar-refractivity contribution in [3.63, 3.8) is 0 Å². The molecule has 0 aliphatic rings. The molecule has 0 aliphatic heterocycles. The smallest absolute Gasteiger partial charge is 0.195 e. The fourth-order valence-corrected chi connectivity index (χ4v) is 2.12. The first kappa shape index (κ1) is 14.3. The van der Waals surface area contributed by atoms with E-state index in [-0.39, 0.29) is 0 Å². The predicted molar refractivity (Wildman–Crippen MR) is 85.2 cm³/mol. The van der Waals surface area contributed by atoms with Gasteiger partial charge in [0.15, 0.2) is 11.5 Å². The third-order valence-electron chi connectivity index (χ3n) is 3.18. The fourth-order valence-electron chi connectivity index (χ4n) is 2.12. The summed E-state index contributed by atoms with van der Waals surface area (Å²) in [6.07, 6.45) is 0.777. The zero-order valence-electron chi connectivity index (χ0n) is 12.4. The molecule has 0 bridgehead atoms. The summed E-state index contributed by atoms with van der Waals surface area (Å²) in [7, 11) is 0. The van der Waals surface area contributed by atoms with Crippen LogP contribution in [-0.4, -0.2) is 18.2 Å². The van der Waals surface area contributed by atoms with Gasteiger partial charge in [0.25, 0.3) is 0 Å². The van der Waals surface area contributed by atoms with Crippen LogP contribution in [0.2, 0.25) is 0 Å². The predicted octanol–water partition coefficient (Wildman–Crippen LogP) is 3.43. The summed E-state index contributed by atoms with van der Waals surface area (Å²) in [5.41, 5.74) is 7.96. The van der Waals surface area contributed by atoms with Crippen molar-refractivity contribution in [3.05, 3.63) is 48.4 Å². The van der Waals surface area contributed by atoms with Crippen LogP contribution in [0.5, 0.6) is 11.5 Å². The Bertz CT molecular complexity index is 767. The van der Waals surface area contributed by atoms with Gasteiger partial charge in [-0.3, -0.25) is 0 Å². The van der Waals surface area contributed by atoms with Gasteiger partial charge in [-0.25, -0.2) is 4.98 Å². The van der Waals surface area contributed by atoms with E-state index in [2.05, 4.69) is 4.98 Å². The summed E-state index contributed by atoms with van der Waals surface area (Å²) in [4.78, 5) is 4.39. The van der Waals surface area contributed by atoms with E-state index in [1.807, 2.05) is 43.3 Å². The summed E-state index contributed by atoms with van der Waals surface area (Å²) in [5, 5.41) is 0. The minimum Gasteiger partial charge on any atom is -0.490 e. The van der Waals surface area contributed by atoms with E-state index in [0.29, 0.717) is 18.9 Å². The van der Waals surface area contributed by atoms with Crippen molar-refractivity contribution in [3.8, 4) is 11.5 Å². The van der Waals surface area contributed by atoms with E-state index >= 15 is 0 Å². The molecule has 2 aromatic carbocycles. The molecule has 0 aliphatic carbocycles. The summed E-state index contributed by atoms with van der Waals surface area (Å²) < 4.78 is 16.8. The lowest BCUT2D eigenvalue weighted by atomic mass is 10.3. The lowest BCUT2D eigenvalue weighted by Gasteiger charge is -2.08. The van der Waals surface area contributed by atoms with Crippen LogP contribution in [0.15, 0.2) is 46.9 Å². The van der Waals surface area contributed by atoms with Crippen LogP contribution < -0.4 is 15.2 Å². The van der Waals surface area contributed by atoms with Crippen LogP contribution in [0.25, 0.3) is 11.1 Å². The van der Waals surface area contributed by atoms with Gasteiger partial charge < -0.3 is 19.6 Å². The molecule has 0 spiro atoms. The molecule has 0 unspecified atom stereocenters. The minimum absolute atomic E-state index is 0.443. The van der Waals surface area contributed by atoms with Crippen LogP contribution in [0, 0.1) is 0 Å². The highest BCUT2D eigenvalue weighted by molar-refractivity contribution is 5.74. The average Bonchev–Trinajstić information content (AvgIpc) is 2.94. The normalized spacial score (nSPS) is 10.8. The zero-order chi connectivity index (χ0) is 15.4. The van der Waals surface area contributed by atoms with E-state index in [0.717, 1.165) is 34.9 Å². The fraction of sp³-hybridized carbons (Fsp3) is 0.235. The van der Waals surface area contributed by atoms with Crippen molar-refractivity contribution >= 4 is 16.8 Å². The van der Waals surface area contributed by atoms with Crippen LogP contribution in [0.3, 0.4) is 0 Å². The first-order valence-electron chi connectivity index (χ1n) is 7.25. The van der Waals surface area contributed by atoms with Crippen molar-refractivity contribution in [2.24, 2.45) is 0 Å². The third kappa shape index (κ3) is 3.31. The van der Waals surface area contributed by atoms with Crippen molar-refractivity contribution in [1.29, 1.82) is 0 Å². The number of nitrogens with zero attached hydrogens (tertiary/aromatic N) is 1. The second kappa shape index (κ2) is 6.39. The number of anilines is 1. The molecule has 0 saturated heterocycles. The average molecular weight is 298 g/mol. The summed E-state index contributed by atoms with van der Waals surface area (Å²) >= 11 is 0. The quantitative estimate of drug-likeness (QED) is 0.557. The van der Waals surface area contributed by atoms with E-state index < -0.39 is 0 Å². The highest BCUT2D eigenvalue weighted by Crippen LogP contribution is 2.22. The molecule has 0 amide bonds. The summed E-state index contributed by atoms with van der Waals surface area (Å²) in [6.45, 7) is 2.90. The lowest BCUT2D eigenvalue weighted by Crippen LogP contribution is -2.09. The lowest BCUT2D eigenvalue weighted by molar-refractivity contribution is 0.217. The molecule has 3 aromatic rings. The number of fused-ring (bicyclic) bond motifs is 1. The maximum absolute atomic E-state index is 5.69. The Balaban J connectivity index is 1.55. The van der Waals surface area contributed by atoms with E-state index in [1.54, 1.807) is 6.07 Å². The van der Waals surface area contributed by atoms with Gasteiger partial charge in [-0.2, -0.15) is 0 Å². The Morgan fingerprint density at radius 2 is 1.82 bits per heavy atom. The van der Waals surface area contributed by atoms with Gasteiger partial charge >= 0.3 is 0 Å². The standard InChI is InChI=1S/C17H18N2O3/c1-2-17-19-15-11-14(6-7-16(15)22-17)21-9-8-20-13-5-3-4-12(18)10-13/h3-7,10-11H,2,8-9,18H2,1H3. The van der Waals surface area contributed by atoms with E-state index in [9.17, 15) is 0 Å². The Kier molecular flexibility index (Phi) is 4.14. The second-order valence-electron chi connectivity index (χ2n) is 4.86. The number of benzene rings is 2. The largest absolute Gasteiger partial charge is 0.490 e. The van der Waals surface area contributed by atoms with Crippen molar-refractivity contribution in [1.82, 2.24) is 4.98 Å². The second-order valence-corrected chi connectivity index (χ2v) is 4.86. The number of nitrogen functional groups attached to an aromatic ring is 1. The van der Waals surface area contributed by atoms with Gasteiger partial charge in [-0.1, -0.05) is 13.0 Å². The van der Waals surface area contributed by atoms with Gasteiger partial charge in [0.2, 0.25) is 0 Å². The number of hydrogen-bond donors (Lipinski definition) is 1. The molecule has 5 nitrogen and oxygen atoms in total. The Labute approximate surface area is 128 Å². The van der Waals surface area contributed by atoms with Crippen molar-refractivity contribution in [2.45, 2.75) is 13.3 Å². The highest BCUT2D eigenvalue weighted by atomic mass is 16.5. The van der Waals surface area contributed by atoms with Gasteiger partial charge in [-0.05, 0) is 24.3 Å². The topological polar surface area (TPSA) is 70.5 Å². The molecule has 1 aromatic heterocycles. The SMILES string of the molecule is CCc1nc2cc(OCCOc3cccc(N)c3)ccc2o1. The molecular weight excluding hydrogens is 280 g/mol. The minimum atomic E-state index is 0.443. The maximum Gasteiger partial charge on any atom is 0.195 e. The number of aryl methyl sites for hydroxylation is 1. The van der Waals surface area contributed by atoms with Crippen LogP contribution in [0.4, 0.5) is 5.69 Å². The van der Waals surface area contributed by atoms with Crippen LogP contribution in [-0.2, 0) is 6.42 Å². The third-order valence-corrected chi connectivity index (χ3v) is 3.18. The van der Waals surface area contributed by atoms with Gasteiger partial charge in [0, 0.05) is 24.2 Å². The molecule has 0 saturated carbocycles. The molecule has 2 N–H and O–H groups in total. The number of rotatable bonds is 6. The molecule has 22 heavy (non-hydrogen) atoms. The summed E-state index contributed by atoms with van der Waals surface area (Å²) in [6, 6.07) is 12.9. The summed E-state index contributed by atoms with van der Waals surface area (Å²) in [5.74, 6) is 2.22. The van der Waals surface area contributed by atoms with Crippen LogP contribution >= 0.6 is 0 Å². The first-order valence-corrected chi connectivity index (χ1v) is 7.25. The molecule has 114 valence electrons. The number of ether oxygens (including phenoxy) is 2. The number of hydrogen-bond acceptors (Lipinski definition) is 5. The number of aromatic nitrogens is 1. The number of oxazole rings is 1. The number of nitrogens with two attached hydrogens (primary N) is 1. The first-order chi connectivity index (χ1) is 10.7.